The van der Waals surface area contributed by atoms with E-state index in [1.165, 1.54) is 0 Å². The number of para-hydroxylation sites is 1. The van der Waals surface area contributed by atoms with E-state index in [1.54, 1.807) is 14.2 Å². The smallest absolute Gasteiger partial charge is 0.161 e. The zero-order valence-corrected chi connectivity index (χ0v) is 14.6. The number of carbonyl (C=O) groups excluding carboxylic acids is 1. The average molecular weight is 352 g/mol. The SMILES string of the molecule is COc1ccc([C@H]2[NH2+][C@H](C(=O)[O-])Cc3c2[nH]c2ccccc32)cc1OC. The van der Waals surface area contributed by atoms with Crippen LogP contribution in [0.4, 0.5) is 0 Å². The number of ether oxygens (including phenoxy) is 2. The highest BCUT2D eigenvalue weighted by molar-refractivity contribution is 5.86. The van der Waals surface area contributed by atoms with E-state index in [2.05, 4.69) is 4.98 Å². The van der Waals surface area contributed by atoms with Crippen molar-refractivity contribution in [3.63, 3.8) is 0 Å². The van der Waals surface area contributed by atoms with Gasteiger partial charge in [-0.05, 0) is 29.8 Å². The van der Waals surface area contributed by atoms with Gasteiger partial charge < -0.3 is 29.7 Å². The molecule has 0 radical (unpaired) electrons. The number of aromatic amines is 1. The molecule has 4 rings (SSSR count). The third-order valence-corrected chi connectivity index (χ3v) is 5.08. The van der Waals surface area contributed by atoms with Gasteiger partial charge in [0.2, 0.25) is 0 Å². The summed E-state index contributed by atoms with van der Waals surface area (Å²) in [4.78, 5) is 15.1. The standard InChI is InChI=1S/C20H20N2O4/c1-25-16-8-7-11(9-17(16)26-2)18-19-13(10-15(22-18)20(23)24)12-5-3-4-6-14(12)21-19/h3-9,15,18,21-22H,10H2,1-2H3,(H,23,24)/t15-,18+/m0/s1. The molecule has 0 aliphatic carbocycles. The third kappa shape index (κ3) is 2.59. The number of aliphatic carboxylic acids is 1. The molecule has 6 nitrogen and oxygen atoms in total. The Hall–Kier alpha value is -2.99. The molecule has 6 heteroatoms. The van der Waals surface area contributed by atoms with Gasteiger partial charge in [-0.2, -0.15) is 0 Å². The van der Waals surface area contributed by atoms with E-state index >= 15 is 0 Å². The maximum absolute atomic E-state index is 11.6. The third-order valence-electron chi connectivity index (χ3n) is 5.08. The molecule has 0 saturated carbocycles. The van der Waals surface area contributed by atoms with E-state index in [0.29, 0.717) is 17.9 Å². The van der Waals surface area contributed by atoms with Crippen LogP contribution in [0.25, 0.3) is 10.9 Å². The summed E-state index contributed by atoms with van der Waals surface area (Å²) < 4.78 is 10.7. The van der Waals surface area contributed by atoms with Crippen LogP contribution in [0.3, 0.4) is 0 Å². The van der Waals surface area contributed by atoms with E-state index in [9.17, 15) is 9.90 Å². The normalized spacial score (nSPS) is 19.2. The summed E-state index contributed by atoms with van der Waals surface area (Å²) in [7, 11) is 3.18. The van der Waals surface area contributed by atoms with Crippen LogP contribution in [0.2, 0.25) is 0 Å². The Labute approximate surface area is 150 Å². The predicted molar refractivity (Wildman–Crippen MR) is 94.1 cm³/mol. The van der Waals surface area contributed by atoms with E-state index in [-0.39, 0.29) is 6.04 Å². The van der Waals surface area contributed by atoms with Crippen molar-refractivity contribution in [2.75, 3.05) is 14.2 Å². The molecular weight excluding hydrogens is 332 g/mol. The Balaban J connectivity index is 1.87. The maximum atomic E-state index is 11.6. The second-order valence-electron chi connectivity index (χ2n) is 6.48. The quantitative estimate of drug-likeness (QED) is 0.716. The molecule has 0 spiro atoms. The highest BCUT2D eigenvalue weighted by Crippen LogP contribution is 2.35. The fraction of sp³-hybridized carbons (Fsp3) is 0.250. The van der Waals surface area contributed by atoms with Gasteiger partial charge in [0, 0.05) is 22.9 Å². The highest BCUT2D eigenvalue weighted by atomic mass is 16.5. The molecule has 0 fully saturated rings. The molecule has 3 aromatic rings. The van der Waals surface area contributed by atoms with Crippen molar-refractivity contribution in [1.82, 2.24) is 4.98 Å². The van der Waals surface area contributed by atoms with Crippen LogP contribution >= 0.6 is 0 Å². The number of carboxylic acid groups (broad SMARTS) is 1. The van der Waals surface area contributed by atoms with Gasteiger partial charge in [0.1, 0.15) is 6.04 Å². The lowest BCUT2D eigenvalue weighted by molar-refractivity contribution is -0.717. The predicted octanol–water partition coefficient (Wildman–Crippen LogP) is 0.513. The van der Waals surface area contributed by atoms with Gasteiger partial charge in [-0.3, -0.25) is 0 Å². The Morgan fingerprint density at radius 1 is 1.15 bits per heavy atom. The summed E-state index contributed by atoms with van der Waals surface area (Å²) in [5.74, 6) is 0.207. The van der Waals surface area contributed by atoms with Crippen molar-refractivity contribution in [2.24, 2.45) is 0 Å². The van der Waals surface area contributed by atoms with Crippen LogP contribution < -0.4 is 19.9 Å². The number of rotatable bonds is 4. The van der Waals surface area contributed by atoms with Crippen molar-refractivity contribution in [2.45, 2.75) is 18.5 Å². The number of carboxylic acids is 1. The summed E-state index contributed by atoms with van der Waals surface area (Å²) in [5.41, 5.74) is 4.02. The van der Waals surface area contributed by atoms with Crippen LogP contribution in [-0.4, -0.2) is 31.2 Å². The van der Waals surface area contributed by atoms with Crippen molar-refractivity contribution in [3.05, 3.63) is 59.3 Å². The Morgan fingerprint density at radius 3 is 2.65 bits per heavy atom. The average Bonchev–Trinajstić information content (AvgIpc) is 3.05. The molecule has 0 amide bonds. The topological polar surface area (TPSA) is 91.0 Å². The fourth-order valence-corrected chi connectivity index (χ4v) is 3.81. The van der Waals surface area contributed by atoms with Gasteiger partial charge in [-0.25, -0.2) is 0 Å². The molecule has 2 aromatic carbocycles. The fourth-order valence-electron chi connectivity index (χ4n) is 3.81. The molecule has 1 aliphatic rings. The Morgan fingerprint density at radius 2 is 1.92 bits per heavy atom. The summed E-state index contributed by atoms with van der Waals surface area (Å²) in [5, 5.41) is 14.5. The van der Waals surface area contributed by atoms with Crippen LogP contribution in [0, 0.1) is 0 Å². The molecule has 26 heavy (non-hydrogen) atoms. The highest BCUT2D eigenvalue weighted by Gasteiger charge is 2.35. The maximum Gasteiger partial charge on any atom is 0.161 e. The first-order valence-corrected chi connectivity index (χ1v) is 8.49. The van der Waals surface area contributed by atoms with E-state index in [0.717, 1.165) is 27.7 Å². The number of H-pyrrole nitrogens is 1. The second-order valence-corrected chi connectivity index (χ2v) is 6.48. The van der Waals surface area contributed by atoms with Gasteiger partial charge in [-0.15, -0.1) is 0 Å². The minimum Gasteiger partial charge on any atom is -0.544 e. The molecular formula is C20H20N2O4. The molecule has 134 valence electrons. The van der Waals surface area contributed by atoms with Gasteiger partial charge >= 0.3 is 0 Å². The molecule has 2 atom stereocenters. The van der Waals surface area contributed by atoms with Crippen molar-refractivity contribution in [3.8, 4) is 11.5 Å². The van der Waals surface area contributed by atoms with Crippen LogP contribution in [0.5, 0.6) is 11.5 Å². The molecule has 1 aliphatic heterocycles. The lowest BCUT2D eigenvalue weighted by atomic mass is 9.90. The molecule has 0 bridgehead atoms. The number of hydrogen-bond acceptors (Lipinski definition) is 4. The van der Waals surface area contributed by atoms with Crippen LogP contribution in [0.15, 0.2) is 42.5 Å². The van der Waals surface area contributed by atoms with Gasteiger partial charge in [0.25, 0.3) is 0 Å². The zero-order chi connectivity index (χ0) is 18.3. The van der Waals surface area contributed by atoms with Crippen molar-refractivity contribution in [1.29, 1.82) is 0 Å². The molecule has 1 aromatic heterocycles. The van der Waals surface area contributed by atoms with E-state index in [1.807, 2.05) is 47.8 Å². The van der Waals surface area contributed by atoms with Crippen molar-refractivity contribution < 1.29 is 24.7 Å². The largest absolute Gasteiger partial charge is 0.544 e. The monoisotopic (exact) mass is 352 g/mol. The van der Waals surface area contributed by atoms with E-state index < -0.39 is 12.0 Å². The van der Waals surface area contributed by atoms with Crippen LogP contribution in [-0.2, 0) is 11.2 Å². The first-order valence-electron chi connectivity index (χ1n) is 8.49. The molecule has 0 saturated heterocycles. The lowest BCUT2D eigenvalue weighted by Gasteiger charge is -2.29. The summed E-state index contributed by atoms with van der Waals surface area (Å²) in [6.45, 7) is 0. The van der Waals surface area contributed by atoms with E-state index in [4.69, 9.17) is 9.47 Å². The number of nitrogens with one attached hydrogen (secondary N) is 1. The number of hydrogen-bond donors (Lipinski definition) is 2. The summed E-state index contributed by atoms with van der Waals surface area (Å²) in [6, 6.07) is 12.8. The summed E-state index contributed by atoms with van der Waals surface area (Å²) >= 11 is 0. The van der Waals surface area contributed by atoms with Crippen molar-refractivity contribution >= 4 is 16.9 Å². The first-order chi connectivity index (χ1) is 12.6. The number of carbonyl (C=O) groups is 1. The van der Waals surface area contributed by atoms with Gasteiger partial charge in [-0.1, -0.05) is 18.2 Å². The Kier molecular flexibility index (Phi) is 4.05. The molecule has 0 unspecified atom stereocenters. The number of aromatic nitrogens is 1. The van der Waals surface area contributed by atoms with Gasteiger partial charge in [0.05, 0.1) is 25.9 Å². The number of nitrogens with two attached hydrogens (primary N) is 1. The minimum atomic E-state index is -1.05. The number of fused-ring (bicyclic) bond motifs is 3. The molecule has 2 heterocycles. The first kappa shape index (κ1) is 16.5. The minimum absolute atomic E-state index is 0.186. The number of quaternary nitrogens is 1. The number of methoxy groups -OCH3 is 2. The lowest BCUT2D eigenvalue weighted by Crippen LogP contribution is -2.95. The van der Waals surface area contributed by atoms with Gasteiger partial charge in [0.15, 0.2) is 17.5 Å². The Bertz CT molecular complexity index is 979. The second kappa shape index (κ2) is 6.38. The van der Waals surface area contributed by atoms with Crippen LogP contribution in [0.1, 0.15) is 22.9 Å². The molecule has 3 N–H and O–H groups in total. The zero-order valence-electron chi connectivity index (χ0n) is 14.6. The number of benzene rings is 2. The summed E-state index contributed by atoms with van der Waals surface area (Å²) in [6.07, 6.45) is 0.436.